The molecule has 6 nitrogen and oxygen atoms in total. The van der Waals surface area contributed by atoms with Gasteiger partial charge in [-0.2, -0.15) is 5.10 Å². The van der Waals surface area contributed by atoms with Gasteiger partial charge in [-0.05, 0) is 44.1 Å². The molecule has 0 fully saturated rings. The summed E-state index contributed by atoms with van der Waals surface area (Å²) in [5.41, 5.74) is 6.14. The number of methoxy groups -OCH3 is 1. The number of nitrogens with one attached hydrogen (secondary N) is 2. The second kappa shape index (κ2) is 10.2. The number of hydrogen-bond acceptors (Lipinski definition) is 5. The van der Waals surface area contributed by atoms with Crippen molar-refractivity contribution in [3.05, 3.63) is 88.1 Å². The maximum absolute atomic E-state index is 12.7. The summed E-state index contributed by atoms with van der Waals surface area (Å²) in [6, 6.07) is 20.0. The van der Waals surface area contributed by atoms with Crippen molar-refractivity contribution in [2.24, 2.45) is 0 Å². The average Bonchev–Trinajstić information content (AvgIpc) is 3.30. The number of carbonyl (C=O) groups is 1. The van der Waals surface area contributed by atoms with Gasteiger partial charge in [-0.15, -0.1) is 11.3 Å². The van der Waals surface area contributed by atoms with E-state index in [9.17, 15) is 4.79 Å². The Kier molecular flexibility index (Phi) is 7.09. The molecule has 0 amide bonds. The van der Waals surface area contributed by atoms with Crippen LogP contribution in [-0.2, 0) is 11.3 Å². The minimum atomic E-state index is -0.406. The van der Waals surface area contributed by atoms with Crippen LogP contribution in [0.25, 0.3) is 11.1 Å². The SMILES string of the molecule is COC(=O)c1c(NC(=S)Nc2c(C)nn(Cc3ccccc3)c2C)sc(C)c1-c1ccccc1. The average molecular weight is 491 g/mol. The van der Waals surface area contributed by atoms with Crippen LogP contribution in [0.5, 0.6) is 0 Å². The number of ether oxygens (including phenoxy) is 1. The smallest absolute Gasteiger partial charge is 0.341 e. The number of thiophene rings is 1. The minimum Gasteiger partial charge on any atom is -0.465 e. The lowest BCUT2D eigenvalue weighted by Gasteiger charge is -2.12. The molecule has 8 heteroatoms. The number of aryl methyl sites for hydroxylation is 2. The molecular formula is C26H26N4O2S2. The largest absolute Gasteiger partial charge is 0.465 e. The van der Waals surface area contributed by atoms with Crippen LogP contribution in [0, 0.1) is 20.8 Å². The lowest BCUT2D eigenvalue weighted by atomic mass is 10.0. The van der Waals surface area contributed by atoms with Crippen molar-refractivity contribution in [1.82, 2.24) is 9.78 Å². The number of hydrogen-bond donors (Lipinski definition) is 2. The molecule has 0 saturated heterocycles. The molecule has 4 aromatic rings. The van der Waals surface area contributed by atoms with Gasteiger partial charge >= 0.3 is 5.97 Å². The molecule has 0 saturated carbocycles. The number of benzene rings is 2. The van der Waals surface area contributed by atoms with Gasteiger partial charge in [0.2, 0.25) is 0 Å². The molecule has 0 aliphatic carbocycles. The van der Waals surface area contributed by atoms with Crippen LogP contribution < -0.4 is 10.6 Å². The highest BCUT2D eigenvalue weighted by molar-refractivity contribution is 7.80. The van der Waals surface area contributed by atoms with Crippen LogP contribution in [0.4, 0.5) is 10.7 Å². The third kappa shape index (κ3) is 4.88. The van der Waals surface area contributed by atoms with Gasteiger partial charge in [-0.25, -0.2) is 4.79 Å². The van der Waals surface area contributed by atoms with Gasteiger partial charge in [0.15, 0.2) is 5.11 Å². The van der Waals surface area contributed by atoms with E-state index in [0.29, 0.717) is 22.2 Å². The van der Waals surface area contributed by atoms with Crippen LogP contribution in [0.2, 0.25) is 0 Å². The van der Waals surface area contributed by atoms with Crippen molar-refractivity contribution in [3.63, 3.8) is 0 Å². The molecule has 2 aromatic carbocycles. The van der Waals surface area contributed by atoms with E-state index >= 15 is 0 Å². The zero-order valence-corrected chi connectivity index (χ0v) is 21.1. The lowest BCUT2D eigenvalue weighted by Crippen LogP contribution is -2.21. The summed E-state index contributed by atoms with van der Waals surface area (Å²) in [5.74, 6) is -0.406. The number of carbonyl (C=O) groups excluding carboxylic acids is 1. The number of rotatable bonds is 6. The summed E-state index contributed by atoms with van der Waals surface area (Å²) < 4.78 is 7.06. The van der Waals surface area contributed by atoms with E-state index in [4.69, 9.17) is 17.0 Å². The monoisotopic (exact) mass is 490 g/mol. The molecule has 0 unspecified atom stereocenters. The van der Waals surface area contributed by atoms with Crippen molar-refractivity contribution in [2.45, 2.75) is 27.3 Å². The van der Waals surface area contributed by atoms with E-state index in [-0.39, 0.29) is 0 Å². The zero-order chi connectivity index (χ0) is 24.2. The van der Waals surface area contributed by atoms with E-state index in [1.54, 1.807) is 0 Å². The van der Waals surface area contributed by atoms with Gasteiger partial charge in [0.1, 0.15) is 10.6 Å². The zero-order valence-electron chi connectivity index (χ0n) is 19.5. The Labute approximate surface area is 208 Å². The highest BCUT2D eigenvalue weighted by atomic mass is 32.1. The number of thiocarbonyl (C=S) groups is 1. The Hall–Kier alpha value is -3.49. The van der Waals surface area contributed by atoms with E-state index in [2.05, 4.69) is 27.9 Å². The minimum absolute atomic E-state index is 0.386. The van der Waals surface area contributed by atoms with Crippen LogP contribution in [0.15, 0.2) is 60.7 Å². The second-order valence-electron chi connectivity index (χ2n) is 7.86. The highest BCUT2D eigenvalue weighted by Gasteiger charge is 2.25. The lowest BCUT2D eigenvalue weighted by molar-refractivity contribution is 0.0603. The Morgan fingerprint density at radius 3 is 2.32 bits per heavy atom. The molecule has 0 aliphatic heterocycles. The Morgan fingerprint density at radius 2 is 1.68 bits per heavy atom. The normalized spacial score (nSPS) is 10.7. The van der Waals surface area contributed by atoms with Gasteiger partial charge < -0.3 is 15.4 Å². The van der Waals surface area contributed by atoms with Gasteiger partial charge in [-0.1, -0.05) is 60.7 Å². The van der Waals surface area contributed by atoms with Crippen LogP contribution >= 0.6 is 23.6 Å². The van der Waals surface area contributed by atoms with E-state index in [1.807, 2.05) is 74.0 Å². The fourth-order valence-electron chi connectivity index (χ4n) is 3.92. The number of esters is 1. The maximum atomic E-state index is 12.7. The van der Waals surface area contributed by atoms with E-state index < -0.39 is 5.97 Å². The molecule has 2 heterocycles. The molecule has 34 heavy (non-hydrogen) atoms. The molecule has 0 atom stereocenters. The summed E-state index contributed by atoms with van der Waals surface area (Å²) in [5, 5.41) is 12.2. The Bertz CT molecular complexity index is 1330. The summed E-state index contributed by atoms with van der Waals surface area (Å²) in [6.07, 6.45) is 0. The summed E-state index contributed by atoms with van der Waals surface area (Å²) in [4.78, 5) is 13.7. The van der Waals surface area contributed by atoms with E-state index in [0.717, 1.165) is 33.1 Å². The first-order valence-corrected chi connectivity index (χ1v) is 12.0. The van der Waals surface area contributed by atoms with Crippen molar-refractivity contribution in [1.29, 1.82) is 0 Å². The first-order valence-electron chi connectivity index (χ1n) is 10.8. The van der Waals surface area contributed by atoms with Gasteiger partial charge in [0, 0.05) is 10.4 Å². The fourth-order valence-corrected chi connectivity index (χ4v) is 5.26. The first kappa shape index (κ1) is 23.7. The topological polar surface area (TPSA) is 68.2 Å². The number of anilines is 2. The molecule has 2 N–H and O–H groups in total. The van der Waals surface area contributed by atoms with Crippen molar-refractivity contribution in [2.75, 3.05) is 17.7 Å². The van der Waals surface area contributed by atoms with Crippen molar-refractivity contribution >= 4 is 45.3 Å². The third-order valence-electron chi connectivity index (χ3n) is 5.56. The van der Waals surface area contributed by atoms with Crippen molar-refractivity contribution in [3.8, 4) is 11.1 Å². The predicted molar refractivity (Wildman–Crippen MR) is 143 cm³/mol. The maximum Gasteiger partial charge on any atom is 0.341 e. The predicted octanol–water partition coefficient (Wildman–Crippen LogP) is 6.18. The van der Waals surface area contributed by atoms with E-state index in [1.165, 1.54) is 24.0 Å². The quantitative estimate of drug-likeness (QED) is 0.248. The molecular weight excluding hydrogens is 464 g/mol. The molecule has 0 bridgehead atoms. The van der Waals surface area contributed by atoms with Crippen molar-refractivity contribution < 1.29 is 9.53 Å². The van der Waals surface area contributed by atoms with Crippen LogP contribution in [0.3, 0.4) is 0 Å². The summed E-state index contributed by atoms with van der Waals surface area (Å²) >= 11 is 7.10. The first-order chi connectivity index (χ1) is 16.4. The van der Waals surface area contributed by atoms with Crippen LogP contribution in [0.1, 0.15) is 32.2 Å². The second-order valence-corrected chi connectivity index (χ2v) is 9.50. The molecule has 174 valence electrons. The molecule has 4 rings (SSSR count). The van der Waals surface area contributed by atoms with Gasteiger partial charge in [0.05, 0.1) is 30.7 Å². The fraction of sp³-hybridized carbons (Fsp3) is 0.192. The number of aromatic nitrogens is 2. The van der Waals surface area contributed by atoms with Crippen LogP contribution in [-0.4, -0.2) is 28.0 Å². The van der Waals surface area contributed by atoms with Gasteiger partial charge in [-0.3, -0.25) is 4.68 Å². The molecule has 0 radical (unpaired) electrons. The standard InChI is InChI=1S/C26H26N4O2S2/c1-16-23(17(2)30(29-16)15-19-11-7-5-8-12-19)27-26(33)28-24-22(25(31)32-4)21(18(3)34-24)20-13-9-6-10-14-20/h5-14H,15H2,1-4H3,(H2,27,28,33). The summed E-state index contributed by atoms with van der Waals surface area (Å²) in [7, 11) is 1.39. The highest BCUT2D eigenvalue weighted by Crippen LogP contribution is 2.40. The number of nitrogens with zero attached hydrogens (tertiary/aromatic N) is 2. The molecule has 0 aliphatic rings. The molecule has 0 spiro atoms. The molecule has 2 aromatic heterocycles. The van der Waals surface area contributed by atoms with Gasteiger partial charge in [0.25, 0.3) is 0 Å². The Balaban J connectivity index is 1.59. The summed E-state index contributed by atoms with van der Waals surface area (Å²) in [6.45, 7) is 6.62. The third-order valence-corrected chi connectivity index (χ3v) is 6.78. The Morgan fingerprint density at radius 1 is 1.03 bits per heavy atom.